The highest BCUT2D eigenvalue weighted by molar-refractivity contribution is 5.34. The van der Waals surface area contributed by atoms with Gasteiger partial charge in [-0.3, -0.25) is 0 Å². The molecule has 0 saturated carbocycles. The van der Waals surface area contributed by atoms with Gasteiger partial charge in [0.15, 0.2) is 0 Å². The van der Waals surface area contributed by atoms with E-state index in [0.29, 0.717) is 12.8 Å². The molecule has 0 saturated heterocycles. The molecule has 0 amide bonds. The summed E-state index contributed by atoms with van der Waals surface area (Å²) in [4.78, 5) is 0. The van der Waals surface area contributed by atoms with Crippen molar-refractivity contribution in [2.75, 3.05) is 20.3 Å². The van der Waals surface area contributed by atoms with Crippen LogP contribution in [0.1, 0.15) is 11.1 Å². The molecule has 0 heterocycles. The second-order valence-electron chi connectivity index (χ2n) is 3.14. The average molecular weight is 196 g/mol. The van der Waals surface area contributed by atoms with Crippen molar-refractivity contribution in [3.05, 3.63) is 29.3 Å². The standard InChI is InChI=1S/C11H16O3/c1-14-11-7-9(2-4-12)6-10(8-11)3-5-13/h6-8,12-13H,2-5H2,1H3. The predicted molar refractivity (Wildman–Crippen MR) is 54.6 cm³/mol. The van der Waals surface area contributed by atoms with Crippen LogP contribution in [0.4, 0.5) is 0 Å². The van der Waals surface area contributed by atoms with E-state index in [1.165, 1.54) is 0 Å². The van der Waals surface area contributed by atoms with Crippen LogP contribution in [0.3, 0.4) is 0 Å². The van der Waals surface area contributed by atoms with Crippen LogP contribution >= 0.6 is 0 Å². The van der Waals surface area contributed by atoms with Crippen molar-refractivity contribution in [3.8, 4) is 5.75 Å². The summed E-state index contributed by atoms with van der Waals surface area (Å²) in [6.07, 6.45) is 1.24. The third-order valence-corrected chi connectivity index (χ3v) is 2.06. The molecule has 3 nitrogen and oxygen atoms in total. The highest BCUT2D eigenvalue weighted by Crippen LogP contribution is 2.17. The summed E-state index contributed by atoms with van der Waals surface area (Å²) in [5.41, 5.74) is 2.07. The number of aliphatic hydroxyl groups excluding tert-OH is 2. The van der Waals surface area contributed by atoms with E-state index in [2.05, 4.69) is 0 Å². The van der Waals surface area contributed by atoms with Crippen molar-refractivity contribution >= 4 is 0 Å². The van der Waals surface area contributed by atoms with Crippen LogP contribution < -0.4 is 4.74 Å². The summed E-state index contributed by atoms with van der Waals surface area (Å²) in [6, 6.07) is 5.78. The Morgan fingerprint density at radius 3 is 1.86 bits per heavy atom. The Morgan fingerprint density at radius 1 is 1.00 bits per heavy atom. The highest BCUT2D eigenvalue weighted by atomic mass is 16.5. The fourth-order valence-corrected chi connectivity index (χ4v) is 1.39. The minimum absolute atomic E-state index is 0.131. The highest BCUT2D eigenvalue weighted by Gasteiger charge is 2.00. The molecular weight excluding hydrogens is 180 g/mol. The Hall–Kier alpha value is -1.06. The zero-order valence-corrected chi connectivity index (χ0v) is 8.36. The van der Waals surface area contributed by atoms with Crippen LogP contribution in [-0.2, 0) is 12.8 Å². The van der Waals surface area contributed by atoms with Gasteiger partial charge in [-0.05, 0) is 36.1 Å². The molecule has 0 atom stereocenters. The van der Waals surface area contributed by atoms with Gasteiger partial charge in [0.25, 0.3) is 0 Å². The van der Waals surface area contributed by atoms with E-state index in [9.17, 15) is 0 Å². The molecule has 0 bridgehead atoms. The van der Waals surface area contributed by atoms with Crippen molar-refractivity contribution in [1.29, 1.82) is 0 Å². The lowest BCUT2D eigenvalue weighted by Gasteiger charge is -2.07. The predicted octanol–water partition coefficient (Wildman–Crippen LogP) is 0.765. The number of hydrogen-bond donors (Lipinski definition) is 2. The Balaban J connectivity index is 2.88. The summed E-state index contributed by atoms with van der Waals surface area (Å²) in [5.74, 6) is 0.777. The lowest BCUT2D eigenvalue weighted by atomic mass is 10.1. The maximum Gasteiger partial charge on any atom is 0.119 e. The van der Waals surface area contributed by atoms with Crippen molar-refractivity contribution in [2.45, 2.75) is 12.8 Å². The van der Waals surface area contributed by atoms with E-state index in [-0.39, 0.29) is 13.2 Å². The van der Waals surface area contributed by atoms with Gasteiger partial charge in [-0.15, -0.1) is 0 Å². The van der Waals surface area contributed by atoms with Gasteiger partial charge >= 0.3 is 0 Å². The molecule has 0 spiro atoms. The van der Waals surface area contributed by atoms with Gasteiger partial charge in [0.1, 0.15) is 5.75 Å². The minimum atomic E-state index is 0.131. The largest absolute Gasteiger partial charge is 0.497 e. The maximum absolute atomic E-state index is 8.81. The fourth-order valence-electron chi connectivity index (χ4n) is 1.39. The van der Waals surface area contributed by atoms with Crippen LogP contribution in [0.5, 0.6) is 5.75 Å². The smallest absolute Gasteiger partial charge is 0.119 e. The Bertz CT molecular complexity index is 260. The van der Waals surface area contributed by atoms with E-state index in [4.69, 9.17) is 14.9 Å². The third-order valence-electron chi connectivity index (χ3n) is 2.06. The molecule has 0 fully saturated rings. The number of ether oxygens (including phenoxy) is 1. The number of hydrogen-bond acceptors (Lipinski definition) is 3. The molecule has 0 aliphatic heterocycles. The van der Waals surface area contributed by atoms with Crippen molar-refractivity contribution in [1.82, 2.24) is 0 Å². The monoisotopic (exact) mass is 196 g/mol. The topological polar surface area (TPSA) is 49.7 Å². The lowest BCUT2D eigenvalue weighted by Crippen LogP contribution is -1.97. The summed E-state index contributed by atoms with van der Waals surface area (Å²) in [6.45, 7) is 0.261. The van der Waals surface area contributed by atoms with E-state index in [1.54, 1.807) is 7.11 Å². The van der Waals surface area contributed by atoms with Gasteiger partial charge in [-0.25, -0.2) is 0 Å². The summed E-state index contributed by atoms with van der Waals surface area (Å²) in [7, 11) is 1.61. The summed E-state index contributed by atoms with van der Waals surface area (Å²) >= 11 is 0. The Kier molecular flexibility index (Phi) is 4.43. The van der Waals surface area contributed by atoms with E-state index in [1.807, 2.05) is 18.2 Å². The molecule has 2 N–H and O–H groups in total. The Morgan fingerprint density at radius 2 is 1.50 bits per heavy atom. The lowest BCUT2D eigenvalue weighted by molar-refractivity contribution is 0.297. The second-order valence-corrected chi connectivity index (χ2v) is 3.14. The zero-order valence-electron chi connectivity index (χ0n) is 8.36. The molecule has 0 radical (unpaired) electrons. The molecule has 1 aromatic carbocycles. The van der Waals surface area contributed by atoms with Crippen molar-refractivity contribution in [3.63, 3.8) is 0 Å². The number of aliphatic hydroxyl groups is 2. The molecule has 1 rings (SSSR count). The fraction of sp³-hybridized carbons (Fsp3) is 0.455. The number of benzene rings is 1. The average Bonchev–Trinajstić information content (AvgIpc) is 2.18. The van der Waals surface area contributed by atoms with Crippen LogP contribution in [-0.4, -0.2) is 30.5 Å². The minimum Gasteiger partial charge on any atom is -0.497 e. The molecular formula is C11H16O3. The third kappa shape index (κ3) is 3.01. The number of rotatable bonds is 5. The van der Waals surface area contributed by atoms with Crippen LogP contribution in [0.2, 0.25) is 0 Å². The Labute approximate surface area is 84.0 Å². The van der Waals surface area contributed by atoms with Gasteiger partial charge in [0, 0.05) is 13.2 Å². The first-order valence-corrected chi connectivity index (χ1v) is 4.68. The molecule has 1 aromatic rings. The van der Waals surface area contributed by atoms with Crippen molar-refractivity contribution < 1.29 is 14.9 Å². The molecule has 3 heteroatoms. The summed E-state index contributed by atoms with van der Waals surface area (Å²) in [5, 5.41) is 17.6. The molecule has 0 unspecified atom stereocenters. The summed E-state index contributed by atoms with van der Waals surface area (Å²) < 4.78 is 5.12. The van der Waals surface area contributed by atoms with E-state index in [0.717, 1.165) is 16.9 Å². The first-order chi connectivity index (χ1) is 6.80. The van der Waals surface area contributed by atoms with Gasteiger partial charge in [0.05, 0.1) is 7.11 Å². The first-order valence-electron chi connectivity index (χ1n) is 4.68. The normalized spacial score (nSPS) is 10.2. The molecule has 0 aliphatic rings. The SMILES string of the molecule is COc1cc(CCO)cc(CCO)c1. The van der Waals surface area contributed by atoms with Gasteiger partial charge in [-0.1, -0.05) is 6.07 Å². The van der Waals surface area contributed by atoms with Crippen LogP contribution in [0.25, 0.3) is 0 Å². The van der Waals surface area contributed by atoms with Gasteiger partial charge in [-0.2, -0.15) is 0 Å². The molecule has 14 heavy (non-hydrogen) atoms. The zero-order chi connectivity index (χ0) is 10.4. The molecule has 78 valence electrons. The van der Waals surface area contributed by atoms with Gasteiger partial charge in [0.2, 0.25) is 0 Å². The number of methoxy groups -OCH3 is 1. The second kappa shape index (κ2) is 5.62. The van der Waals surface area contributed by atoms with E-state index < -0.39 is 0 Å². The molecule has 0 aromatic heterocycles. The van der Waals surface area contributed by atoms with Crippen molar-refractivity contribution in [2.24, 2.45) is 0 Å². The van der Waals surface area contributed by atoms with Crippen LogP contribution in [0.15, 0.2) is 18.2 Å². The quantitative estimate of drug-likeness (QED) is 0.731. The molecule has 0 aliphatic carbocycles. The maximum atomic E-state index is 8.81. The first kappa shape index (κ1) is 11.0. The van der Waals surface area contributed by atoms with E-state index >= 15 is 0 Å². The van der Waals surface area contributed by atoms with Crippen LogP contribution in [0, 0.1) is 0 Å². The van der Waals surface area contributed by atoms with Gasteiger partial charge < -0.3 is 14.9 Å².